The number of ketones is 1. The van der Waals surface area contributed by atoms with Crippen LogP contribution in [0.4, 0.5) is 23.2 Å². The average molecular weight is 610 g/mol. The van der Waals surface area contributed by atoms with Crippen molar-refractivity contribution < 1.29 is 27.2 Å². The Hall–Kier alpha value is -2.13. The minimum absolute atomic E-state index is 0.0411. The van der Waals surface area contributed by atoms with Gasteiger partial charge < -0.3 is 5.32 Å². The van der Waals surface area contributed by atoms with Crippen LogP contribution in [0.15, 0.2) is 53.0 Å². The number of rotatable bonds is 6. The van der Waals surface area contributed by atoms with E-state index in [1.165, 1.54) is 24.3 Å². The molecule has 2 unspecified atom stereocenters. The lowest BCUT2D eigenvalue weighted by Gasteiger charge is -2.10. The average Bonchev–Trinajstić information content (AvgIpc) is 3.37. The maximum atomic E-state index is 13.9. The summed E-state index contributed by atoms with van der Waals surface area (Å²) in [4.78, 5) is 25.6. The predicted molar refractivity (Wildman–Crippen MR) is 129 cm³/mol. The van der Waals surface area contributed by atoms with Crippen LogP contribution in [-0.4, -0.2) is 16.0 Å². The van der Waals surface area contributed by atoms with E-state index in [4.69, 9.17) is 34.8 Å². The molecule has 0 saturated heterocycles. The third-order valence-electron chi connectivity index (χ3n) is 5.60. The molecule has 3 nitrogen and oxygen atoms in total. The lowest BCUT2D eigenvalue weighted by molar-refractivity contribution is -0.119. The Bertz CT molecular complexity index is 1350. The van der Waals surface area contributed by atoms with E-state index < -0.39 is 45.3 Å². The molecule has 4 rings (SSSR count). The Kier molecular flexibility index (Phi) is 7.21. The Morgan fingerprint density at radius 2 is 1.69 bits per heavy atom. The summed E-state index contributed by atoms with van der Waals surface area (Å²) in [5.41, 5.74) is 0.365. The molecule has 0 aromatic heterocycles. The Balaban J connectivity index is 1.52. The molecule has 0 radical (unpaired) electrons. The zero-order valence-corrected chi connectivity index (χ0v) is 21.2. The van der Waals surface area contributed by atoms with Crippen molar-refractivity contribution in [3.63, 3.8) is 0 Å². The highest BCUT2D eigenvalue weighted by atomic mass is 79.9. The van der Waals surface area contributed by atoms with Gasteiger partial charge in [0.1, 0.15) is 21.8 Å². The number of amides is 1. The van der Waals surface area contributed by atoms with Crippen molar-refractivity contribution in [3.05, 3.63) is 98.0 Å². The van der Waals surface area contributed by atoms with E-state index >= 15 is 0 Å². The summed E-state index contributed by atoms with van der Waals surface area (Å²) in [5.74, 6) is -6.77. The predicted octanol–water partition coefficient (Wildman–Crippen LogP) is 7.61. The number of nitrogens with one attached hydrogen (secondary N) is 1. The lowest BCUT2D eigenvalue weighted by atomic mass is 10.0. The fraction of sp³-hybridized carbons (Fsp3) is 0.167. The van der Waals surface area contributed by atoms with Crippen molar-refractivity contribution >= 4 is 68.1 Å². The smallest absolute Gasteiger partial charge is 0.257 e. The highest BCUT2D eigenvalue weighted by Gasteiger charge is 2.67. The molecule has 1 N–H and O–H groups in total. The highest BCUT2D eigenvalue weighted by Crippen LogP contribution is 2.65. The van der Waals surface area contributed by atoms with Gasteiger partial charge in [0.15, 0.2) is 11.6 Å². The third-order valence-corrected chi connectivity index (χ3v) is 7.45. The molecule has 0 aliphatic heterocycles. The van der Waals surface area contributed by atoms with Crippen molar-refractivity contribution in [2.24, 2.45) is 5.92 Å². The molecule has 1 saturated carbocycles. The van der Waals surface area contributed by atoms with Crippen LogP contribution < -0.4 is 5.32 Å². The molecular formula is C24H13BrCl3F4NO2. The van der Waals surface area contributed by atoms with Crippen LogP contribution >= 0.6 is 50.7 Å². The molecule has 1 amide bonds. The highest BCUT2D eigenvalue weighted by molar-refractivity contribution is 9.10. The van der Waals surface area contributed by atoms with E-state index in [2.05, 4.69) is 21.2 Å². The largest absolute Gasteiger partial charge is 0.319 e. The van der Waals surface area contributed by atoms with Gasteiger partial charge in [0.2, 0.25) is 0 Å². The van der Waals surface area contributed by atoms with Gasteiger partial charge in [-0.15, -0.1) is 23.2 Å². The maximum Gasteiger partial charge on any atom is 0.257 e. The molecule has 1 fully saturated rings. The SMILES string of the molecule is O=C(Nc1ccc(F)cc1F)c1cc(CC(=O)C2C(c3cc(F)c(F)c(Br)c3)C2(Cl)Cl)ccc1Cl. The number of carbonyl (C=O) groups excluding carboxylic acids is 2. The van der Waals surface area contributed by atoms with Crippen molar-refractivity contribution in [3.8, 4) is 0 Å². The van der Waals surface area contributed by atoms with Gasteiger partial charge in [0, 0.05) is 18.4 Å². The van der Waals surface area contributed by atoms with E-state index in [1.807, 2.05) is 0 Å². The number of Topliss-reactive ketones (excluding diaryl/α,β-unsaturated/α-hetero) is 1. The monoisotopic (exact) mass is 607 g/mol. The summed E-state index contributed by atoms with van der Waals surface area (Å²) in [7, 11) is 0. The molecule has 3 aromatic rings. The summed E-state index contributed by atoms with van der Waals surface area (Å²) in [6.45, 7) is 0. The molecular weight excluding hydrogens is 597 g/mol. The van der Waals surface area contributed by atoms with Crippen LogP contribution in [0, 0.1) is 29.2 Å². The van der Waals surface area contributed by atoms with E-state index in [-0.39, 0.29) is 38.5 Å². The molecule has 1 aliphatic rings. The zero-order valence-electron chi connectivity index (χ0n) is 17.3. The summed E-state index contributed by atoms with van der Waals surface area (Å²) in [6, 6.07) is 9.19. The summed E-state index contributed by atoms with van der Waals surface area (Å²) < 4.78 is 52.8. The molecule has 0 spiro atoms. The molecule has 11 heteroatoms. The van der Waals surface area contributed by atoms with Crippen molar-refractivity contribution in [1.82, 2.24) is 0 Å². The second-order valence-electron chi connectivity index (χ2n) is 7.96. The Labute approximate surface area is 220 Å². The van der Waals surface area contributed by atoms with Crippen LogP contribution in [0.2, 0.25) is 5.02 Å². The van der Waals surface area contributed by atoms with Crippen molar-refractivity contribution in [2.45, 2.75) is 16.7 Å². The maximum absolute atomic E-state index is 13.9. The number of benzene rings is 3. The molecule has 0 bridgehead atoms. The van der Waals surface area contributed by atoms with Gasteiger partial charge >= 0.3 is 0 Å². The molecule has 0 heterocycles. The van der Waals surface area contributed by atoms with Gasteiger partial charge in [0.25, 0.3) is 5.91 Å². The molecule has 2 atom stereocenters. The topological polar surface area (TPSA) is 46.2 Å². The van der Waals surface area contributed by atoms with Crippen LogP contribution in [-0.2, 0) is 11.2 Å². The number of carbonyl (C=O) groups is 2. The van der Waals surface area contributed by atoms with Crippen molar-refractivity contribution in [1.29, 1.82) is 0 Å². The normalized spacial score (nSPS) is 18.3. The van der Waals surface area contributed by atoms with E-state index in [1.54, 1.807) is 0 Å². The summed E-state index contributed by atoms with van der Waals surface area (Å²) in [5, 5.41) is 2.35. The minimum Gasteiger partial charge on any atom is -0.319 e. The molecule has 3 aromatic carbocycles. The fourth-order valence-corrected chi connectivity index (χ4v) is 5.38. The quantitative estimate of drug-likeness (QED) is 0.178. The van der Waals surface area contributed by atoms with E-state index in [0.717, 1.165) is 18.2 Å². The van der Waals surface area contributed by atoms with Gasteiger partial charge in [-0.2, -0.15) is 0 Å². The van der Waals surface area contributed by atoms with Crippen LogP contribution in [0.1, 0.15) is 27.4 Å². The van der Waals surface area contributed by atoms with Crippen LogP contribution in [0.5, 0.6) is 0 Å². The second kappa shape index (κ2) is 9.73. The summed E-state index contributed by atoms with van der Waals surface area (Å²) >= 11 is 21.6. The number of alkyl halides is 2. The number of hydrogen-bond acceptors (Lipinski definition) is 2. The van der Waals surface area contributed by atoms with Gasteiger partial charge in [-0.3, -0.25) is 9.59 Å². The first-order chi connectivity index (χ1) is 16.4. The Morgan fingerprint density at radius 1 is 0.971 bits per heavy atom. The van der Waals surface area contributed by atoms with E-state index in [0.29, 0.717) is 11.6 Å². The first-order valence-corrected chi connectivity index (χ1v) is 11.9. The molecule has 182 valence electrons. The van der Waals surface area contributed by atoms with E-state index in [9.17, 15) is 27.2 Å². The van der Waals surface area contributed by atoms with Gasteiger partial charge in [-0.1, -0.05) is 17.7 Å². The Morgan fingerprint density at radius 3 is 2.34 bits per heavy atom. The first-order valence-electron chi connectivity index (χ1n) is 10.00. The van der Waals surface area contributed by atoms with Gasteiger partial charge in [-0.25, -0.2) is 17.6 Å². The molecule has 35 heavy (non-hydrogen) atoms. The fourth-order valence-electron chi connectivity index (χ4n) is 3.84. The number of halogens is 8. The van der Waals surface area contributed by atoms with Gasteiger partial charge in [0.05, 0.1) is 26.7 Å². The summed E-state index contributed by atoms with van der Waals surface area (Å²) in [6.07, 6.45) is -0.185. The minimum atomic E-state index is -1.52. The first kappa shape index (κ1) is 25.9. The zero-order chi connectivity index (χ0) is 25.7. The van der Waals surface area contributed by atoms with Crippen LogP contribution in [0.3, 0.4) is 0 Å². The lowest BCUT2D eigenvalue weighted by Crippen LogP contribution is -2.15. The standard InChI is InChI=1S/C24H13BrCl3F4NO2/c25-14-7-11(8-17(31)22(14)32)20-21(24(20,27)28)19(34)6-10-1-3-15(26)13(5-10)23(35)33-18-4-2-12(29)9-16(18)30/h1-5,7-9,20-21H,6H2,(H,33,35). The van der Waals surface area contributed by atoms with Gasteiger partial charge in [-0.05, 0) is 63.5 Å². The van der Waals surface area contributed by atoms with Crippen molar-refractivity contribution in [2.75, 3.05) is 5.32 Å². The second-order valence-corrected chi connectivity index (χ2v) is 10.7. The molecule has 1 aliphatic carbocycles. The number of hydrogen-bond donors (Lipinski definition) is 1. The number of anilines is 1. The van der Waals surface area contributed by atoms with Crippen LogP contribution in [0.25, 0.3) is 0 Å². The third kappa shape index (κ3) is 5.21.